The van der Waals surface area contributed by atoms with E-state index in [-0.39, 0.29) is 30.6 Å². The third-order valence-corrected chi connectivity index (χ3v) is 14.3. The van der Waals surface area contributed by atoms with E-state index in [4.69, 9.17) is 14.2 Å². The number of rotatable bonds is 23. The molecule has 0 amide bonds. The molecular weight excluding hydrogens is 712 g/mol. The predicted octanol–water partition coefficient (Wildman–Crippen LogP) is 11.0. The molecule has 0 aliphatic heterocycles. The van der Waals surface area contributed by atoms with Crippen LogP contribution in [0.2, 0.25) is 0 Å². The number of hydrogen-bond donors (Lipinski definition) is 2. The highest BCUT2D eigenvalue weighted by atomic mass is 16.6. The Kier molecular flexibility index (Phi) is 18.7. The van der Waals surface area contributed by atoms with Crippen LogP contribution in [-0.4, -0.2) is 57.9 Å². The maximum absolute atomic E-state index is 15.4. The first kappa shape index (κ1) is 47.7. The predicted molar refractivity (Wildman–Crippen MR) is 217 cm³/mol. The van der Waals surface area contributed by atoms with Crippen molar-refractivity contribution in [3.8, 4) is 0 Å². The van der Waals surface area contributed by atoms with Crippen LogP contribution in [0.15, 0.2) is 0 Å². The second-order valence-corrected chi connectivity index (χ2v) is 18.3. The van der Waals surface area contributed by atoms with Gasteiger partial charge in [-0.2, -0.15) is 0 Å². The van der Waals surface area contributed by atoms with Gasteiger partial charge in [0, 0.05) is 0 Å². The molecule has 0 bridgehead atoms. The third-order valence-electron chi connectivity index (χ3n) is 14.3. The molecule has 0 saturated heterocycles. The van der Waals surface area contributed by atoms with Crippen molar-refractivity contribution in [3.63, 3.8) is 0 Å². The van der Waals surface area contributed by atoms with Crippen LogP contribution in [0.25, 0.3) is 0 Å². The molecule has 322 valence electrons. The zero-order chi connectivity index (χ0) is 41.6. The Balaban J connectivity index is 2.02. The first-order valence-corrected chi connectivity index (χ1v) is 22.8. The minimum absolute atomic E-state index is 0.0488. The summed E-state index contributed by atoms with van der Waals surface area (Å²) in [5.74, 6) is -3.86. The molecule has 3 aliphatic carbocycles. The molecule has 2 N–H and O–H groups in total. The van der Waals surface area contributed by atoms with E-state index in [1.807, 2.05) is 27.7 Å². The highest BCUT2D eigenvalue weighted by Gasteiger charge is 2.59. The van der Waals surface area contributed by atoms with Crippen LogP contribution in [0.5, 0.6) is 0 Å². The molecule has 3 fully saturated rings. The Morgan fingerprint density at radius 2 is 1.14 bits per heavy atom. The molecule has 0 heterocycles. The number of esters is 3. The first-order valence-electron chi connectivity index (χ1n) is 22.8. The van der Waals surface area contributed by atoms with E-state index in [1.54, 1.807) is 6.92 Å². The van der Waals surface area contributed by atoms with Gasteiger partial charge in [-0.3, -0.25) is 19.2 Å². The summed E-state index contributed by atoms with van der Waals surface area (Å²) in [4.78, 5) is 69.0. The largest absolute Gasteiger partial charge is 0.481 e. The number of ether oxygens (including phenoxy) is 3. The maximum Gasteiger partial charge on any atom is 0.351 e. The van der Waals surface area contributed by atoms with E-state index in [0.29, 0.717) is 77.0 Å². The molecule has 3 saturated carbocycles. The molecule has 3 aliphatic rings. The van der Waals surface area contributed by atoms with E-state index < -0.39 is 63.8 Å². The number of carboxylic acids is 2. The van der Waals surface area contributed by atoms with Gasteiger partial charge in [0.05, 0.1) is 22.2 Å². The van der Waals surface area contributed by atoms with Crippen LogP contribution in [0.3, 0.4) is 0 Å². The molecule has 10 heteroatoms. The lowest BCUT2D eigenvalue weighted by Crippen LogP contribution is -2.55. The lowest BCUT2D eigenvalue weighted by atomic mass is 9.53. The first-order chi connectivity index (χ1) is 26.6. The van der Waals surface area contributed by atoms with Crippen LogP contribution >= 0.6 is 0 Å². The van der Waals surface area contributed by atoms with Crippen LogP contribution in [0, 0.1) is 34.0 Å². The van der Waals surface area contributed by atoms with Gasteiger partial charge in [0.1, 0.15) is 12.2 Å². The van der Waals surface area contributed by atoms with E-state index in [0.717, 1.165) is 70.6 Å². The SMILES string of the molecule is CCCC(CCC)C(=O)OC1CCCCC1OC(=O)C(CCC)(CCC)OC(=O)C(CCC)(CCCC1CCCCC1(C)C(=O)O)C1CCCCC1(C)C(=O)O. The zero-order valence-corrected chi connectivity index (χ0v) is 36.2. The summed E-state index contributed by atoms with van der Waals surface area (Å²) in [6, 6.07) is 0. The van der Waals surface area contributed by atoms with E-state index in [1.165, 1.54) is 0 Å². The van der Waals surface area contributed by atoms with Crippen molar-refractivity contribution >= 4 is 29.8 Å². The quantitative estimate of drug-likeness (QED) is 0.0755. The summed E-state index contributed by atoms with van der Waals surface area (Å²) in [5.41, 5.74) is -4.79. The molecule has 7 atom stereocenters. The maximum atomic E-state index is 15.4. The van der Waals surface area contributed by atoms with Gasteiger partial charge in [-0.1, -0.05) is 98.8 Å². The van der Waals surface area contributed by atoms with Crippen LogP contribution in [0.1, 0.15) is 209 Å². The van der Waals surface area contributed by atoms with Gasteiger partial charge in [-0.05, 0) is 122 Å². The number of carbonyl (C=O) groups is 5. The fourth-order valence-corrected chi connectivity index (χ4v) is 11.0. The van der Waals surface area contributed by atoms with Crippen molar-refractivity contribution in [3.05, 3.63) is 0 Å². The molecule has 10 nitrogen and oxygen atoms in total. The summed E-state index contributed by atoms with van der Waals surface area (Å²) < 4.78 is 19.1. The summed E-state index contributed by atoms with van der Waals surface area (Å²) in [6.45, 7) is 13.6. The lowest BCUT2D eigenvalue weighted by molar-refractivity contribution is -0.207. The van der Waals surface area contributed by atoms with Gasteiger partial charge >= 0.3 is 29.8 Å². The molecular formula is C46H78O10. The molecule has 0 spiro atoms. The van der Waals surface area contributed by atoms with Gasteiger partial charge in [-0.15, -0.1) is 0 Å². The summed E-state index contributed by atoms with van der Waals surface area (Å²) >= 11 is 0. The number of aliphatic carboxylic acids is 2. The molecule has 56 heavy (non-hydrogen) atoms. The Morgan fingerprint density at radius 3 is 1.68 bits per heavy atom. The average Bonchev–Trinajstić information content (AvgIpc) is 3.16. The third kappa shape index (κ3) is 11.1. The number of carboxylic acid groups (broad SMARTS) is 2. The minimum atomic E-state index is -1.59. The fourth-order valence-electron chi connectivity index (χ4n) is 11.0. The fraction of sp³-hybridized carbons (Fsp3) is 0.891. The van der Waals surface area contributed by atoms with Gasteiger partial charge in [0.15, 0.2) is 0 Å². The van der Waals surface area contributed by atoms with Crippen LogP contribution < -0.4 is 0 Å². The summed E-state index contributed by atoms with van der Waals surface area (Å²) in [7, 11) is 0. The van der Waals surface area contributed by atoms with Crippen molar-refractivity contribution in [2.75, 3.05) is 0 Å². The number of carbonyl (C=O) groups excluding carboxylic acids is 3. The molecule has 7 unspecified atom stereocenters. The highest BCUT2D eigenvalue weighted by Crippen LogP contribution is 2.56. The van der Waals surface area contributed by atoms with Gasteiger partial charge < -0.3 is 24.4 Å². The van der Waals surface area contributed by atoms with Crippen molar-refractivity contribution in [1.29, 1.82) is 0 Å². The second-order valence-electron chi connectivity index (χ2n) is 18.3. The Morgan fingerprint density at radius 1 is 0.625 bits per heavy atom. The average molecular weight is 791 g/mol. The van der Waals surface area contributed by atoms with E-state index in [2.05, 4.69) is 13.8 Å². The number of hydrogen-bond acceptors (Lipinski definition) is 8. The zero-order valence-electron chi connectivity index (χ0n) is 36.2. The highest BCUT2D eigenvalue weighted by molar-refractivity contribution is 5.87. The van der Waals surface area contributed by atoms with Gasteiger partial charge in [0.2, 0.25) is 5.60 Å². The van der Waals surface area contributed by atoms with Crippen LogP contribution in [0.4, 0.5) is 0 Å². The molecule has 3 rings (SSSR count). The Hall–Kier alpha value is -2.65. The smallest absolute Gasteiger partial charge is 0.351 e. The molecule has 0 aromatic rings. The monoisotopic (exact) mass is 791 g/mol. The van der Waals surface area contributed by atoms with Gasteiger partial charge in [0.25, 0.3) is 0 Å². The van der Waals surface area contributed by atoms with Crippen molar-refractivity contribution < 1.29 is 48.4 Å². The molecule has 0 radical (unpaired) electrons. The Labute approximate surface area is 338 Å². The standard InChI is InChI=1S/C46H78O10/c1-8-20-33(21-9-2)38(47)54-35-24-13-14-25-36(35)55-42(53)46(28-11-4,29-12-5)56-41(52)45(27-10-3,37-26-16-18-31-44(37,7)40(50)51)32-19-23-34-22-15-17-30-43(34,6)39(48)49/h33-37H,8-32H2,1-7H3,(H,48,49)(H,50,51). The van der Waals surface area contributed by atoms with Crippen LogP contribution in [-0.2, 0) is 38.2 Å². The van der Waals surface area contributed by atoms with Crippen molar-refractivity contribution in [2.45, 2.75) is 227 Å². The molecule has 0 aromatic heterocycles. The van der Waals surface area contributed by atoms with E-state index in [9.17, 15) is 29.4 Å². The van der Waals surface area contributed by atoms with E-state index >= 15 is 4.79 Å². The lowest BCUT2D eigenvalue weighted by Gasteiger charge is -2.50. The van der Waals surface area contributed by atoms with Gasteiger partial charge in [-0.25, -0.2) is 4.79 Å². The summed E-state index contributed by atoms with van der Waals surface area (Å²) in [5, 5.41) is 21.0. The van der Waals surface area contributed by atoms with Crippen molar-refractivity contribution in [1.82, 2.24) is 0 Å². The van der Waals surface area contributed by atoms with Crippen molar-refractivity contribution in [2.24, 2.45) is 34.0 Å². The molecule has 0 aromatic carbocycles. The second kappa shape index (κ2) is 21.9. The minimum Gasteiger partial charge on any atom is -0.481 e. The summed E-state index contributed by atoms with van der Waals surface area (Å²) in [6.07, 6.45) is 14.8. The normalized spacial score (nSPS) is 28.2. The topological polar surface area (TPSA) is 154 Å². The Bertz CT molecular complexity index is 1280.